The van der Waals surface area contributed by atoms with Gasteiger partial charge in [-0.15, -0.1) is 17.0 Å². The Hall–Kier alpha value is 0.674. The molecule has 1 rings (SSSR count). The molecule has 0 atom stereocenters. The van der Waals surface area contributed by atoms with Gasteiger partial charge in [0.25, 0.3) is 0 Å². The van der Waals surface area contributed by atoms with E-state index in [0.717, 1.165) is 0 Å². The zero-order valence-corrected chi connectivity index (χ0v) is 8.12. The van der Waals surface area contributed by atoms with Gasteiger partial charge in [-0.25, -0.2) is 0 Å². The van der Waals surface area contributed by atoms with E-state index in [1.165, 1.54) is 6.42 Å². The Balaban J connectivity index is 0.000000490. The van der Waals surface area contributed by atoms with Crippen molar-refractivity contribution in [3.05, 3.63) is 22.1 Å². The topological polar surface area (TPSA) is 0 Å². The second-order valence-electron chi connectivity index (χ2n) is 1.57. The fourth-order valence-electron chi connectivity index (χ4n) is 0.633. The van der Waals surface area contributed by atoms with E-state index in [-0.39, 0.29) is 17.0 Å². The van der Waals surface area contributed by atoms with Crippen LogP contribution in [0.25, 0.3) is 0 Å². The van der Waals surface area contributed by atoms with E-state index in [1.807, 2.05) is 0 Å². The Morgan fingerprint density at radius 1 is 1.62 bits per heavy atom. The minimum atomic E-state index is 0. The molecule has 0 aromatic rings. The zero-order valence-electron chi connectivity index (χ0n) is 4.85. The third-order valence-electron chi connectivity index (χ3n) is 1.09. The first-order valence-corrected chi connectivity index (χ1v) is 4.81. The summed E-state index contributed by atoms with van der Waals surface area (Å²) in [4.78, 5) is 0. The molecule has 0 fully saturated rings. The maximum absolute atomic E-state index is 2.32. The van der Waals surface area contributed by atoms with Gasteiger partial charge in [0.2, 0.25) is 0 Å². The van der Waals surface area contributed by atoms with E-state index >= 15 is 0 Å². The van der Waals surface area contributed by atoms with Crippen LogP contribution < -0.4 is 0 Å². The average Bonchev–Trinajstić information content (AvgIpc) is 2.14. The van der Waals surface area contributed by atoms with Crippen molar-refractivity contribution in [3.63, 3.8) is 0 Å². The van der Waals surface area contributed by atoms with Gasteiger partial charge < -0.3 is 0 Å². The fourth-order valence-corrected chi connectivity index (χ4v) is 1.55. The zero-order chi connectivity index (χ0) is 5.11. The van der Waals surface area contributed by atoms with Crippen molar-refractivity contribution in [2.24, 2.45) is 0 Å². The van der Waals surface area contributed by atoms with Crippen LogP contribution in [0.5, 0.6) is 0 Å². The van der Waals surface area contributed by atoms with Crippen LogP contribution in [-0.2, 0) is 19.2 Å². The molecular weight excluding hydrogens is 200 g/mol. The molecule has 1 aliphatic carbocycles. The molecule has 0 heterocycles. The summed E-state index contributed by atoms with van der Waals surface area (Å²) in [6.07, 6.45) is 7.88. The molecule has 0 aromatic heterocycles. The summed E-state index contributed by atoms with van der Waals surface area (Å²) < 4.78 is 1.68. The summed E-state index contributed by atoms with van der Waals surface area (Å²) in [5.74, 6) is 0. The Morgan fingerprint density at radius 2 is 2.38 bits per heavy atom. The minimum absolute atomic E-state index is 0. The second-order valence-corrected chi connectivity index (χ2v) is 3.36. The molecule has 0 N–H and O–H groups in total. The van der Waals surface area contributed by atoms with Crippen LogP contribution in [0.2, 0.25) is 5.23 Å². The predicted molar refractivity (Wildman–Crippen MR) is 38.0 cm³/mol. The summed E-state index contributed by atoms with van der Waals surface area (Å²) in [7, 11) is 0. The number of hydrogen-bond donors (Lipinski definition) is 0. The molecule has 0 unspecified atom stereocenters. The fraction of sp³-hybridized carbons (Fsp3) is 0.333. The summed E-state index contributed by atoms with van der Waals surface area (Å²) in [5, 5.41) is 2.32. The normalized spacial score (nSPS) is 14.9. The van der Waals surface area contributed by atoms with Gasteiger partial charge in [0.1, 0.15) is 0 Å². The average molecular weight is 209 g/mol. The van der Waals surface area contributed by atoms with E-state index in [0.29, 0.717) is 19.2 Å². The maximum atomic E-state index is 2.32. The van der Waals surface area contributed by atoms with Gasteiger partial charge in [-0.3, -0.25) is 0 Å². The number of rotatable bonds is 1. The molecule has 0 radical (unpaired) electrons. The Morgan fingerprint density at radius 3 is 2.62 bits per heavy atom. The SMILES string of the molecule is Br.[CH3][Ti][C]1=CC=CC1. The summed E-state index contributed by atoms with van der Waals surface area (Å²) >= 11 is 0.292. The number of halogens is 1. The van der Waals surface area contributed by atoms with Crippen molar-refractivity contribution < 1.29 is 19.2 Å². The van der Waals surface area contributed by atoms with E-state index in [1.54, 1.807) is 3.88 Å². The van der Waals surface area contributed by atoms with Crippen LogP contribution in [0, 0.1) is 0 Å². The Labute approximate surface area is 69.7 Å². The molecule has 0 saturated carbocycles. The molecule has 1 aliphatic rings. The van der Waals surface area contributed by atoms with Crippen LogP contribution in [0.15, 0.2) is 22.1 Å². The molecule has 0 spiro atoms. The van der Waals surface area contributed by atoms with Crippen LogP contribution in [0.3, 0.4) is 0 Å². The van der Waals surface area contributed by atoms with Crippen LogP contribution in [0.1, 0.15) is 6.42 Å². The van der Waals surface area contributed by atoms with Crippen molar-refractivity contribution in [3.8, 4) is 0 Å². The van der Waals surface area contributed by atoms with Gasteiger partial charge in [0.15, 0.2) is 0 Å². The van der Waals surface area contributed by atoms with Crippen LogP contribution in [0.4, 0.5) is 0 Å². The summed E-state index contributed by atoms with van der Waals surface area (Å²) in [6, 6.07) is 0. The van der Waals surface area contributed by atoms with E-state index in [9.17, 15) is 0 Å². The van der Waals surface area contributed by atoms with Gasteiger partial charge in [-0.2, -0.15) is 0 Å². The van der Waals surface area contributed by atoms with Crippen molar-refractivity contribution in [1.29, 1.82) is 0 Å². The van der Waals surface area contributed by atoms with Crippen LogP contribution in [-0.4, -0.2) is 0 Å². The molecule has 2 heteroatoms. The molecule has 8 heavy (non-hydrogen) atoms. The van der Waals surface area contributed by atoms with Crippen molar-refractivity contribution in [1.82, 2.24) is 0 Å². The first kappa shape index (κ1) is 8.67. The van der Waals surface area contributed by atoms with E-state index in [4.69, 9.17) is 0 Å². The van der Waals surface area contributed by atoms with Gasteiger partial charge in [-0.1, -0.05) is 0 Å². The Kier molecular flexibility index (Phi) is 4.93. The molecule has 0 bridgehead atoms. The quantitative estimate of drug-likeness (QED) is 0.582. The van der Waals surface area contributed by atoms with Crippen molar-refractivity contribution in [2.45, 2.75) is 11.6 Å². The number of allylic oxidation sites excluding steroid dienone is 4. The summed E-state index contributed by atoms with van der Waals surface area (Å²) in [6.45, 7) is 0. The molecule has 0 nitrogen and oxygen atoms in total. The van der Waals surface area contributed by atoms with Crippen molar-refractivity contribution >= 4 is 17.0 Å². The first-order valence-electron chi connectivity index (χ1n) is 2.47. The van der Waals surface area contributed by atoms with E-state index in [2.05, 4.69) is 23.5 Å². The van der Waals surface area contributed by atoms with E-state index < -0.39 is 0 Å². The Bertz CT molecular complexity index is 116. The first-order chi connectivity index (χ1) is 3.43. The predicted octanol–water partition coefficient (Wildman–Crippen LogP) is 2.54. The third kappa shape index (κ3) is 2.30. The molecule has 0 aliphatic heterocycles. The van der Waals surface area contributed by atoms with Crippen LogP contribution >= 0.6 is 17.0 Å². The molecule has 0 amide bonds. The molecular formula is C6H9BrTi. The van der Waals surface area contributed by atoms with Gasteiger partial charge in [0.05, 0.1) is 0 Å². The molecule has 44 valence electrons. The summed E-state index contributed by atoms with van der Waals surface area (Å²) in [5.41, 5.74) is 0. The molecule has 0 aromatic carbocycles. The second kappa shape index (κ2) is 4.54. The standard InChI is InChI=1S/C5H5.CH3.BrH.Ti/c1-2-4-5-3-1;;;/h1-3H,4H2;1H3;1H;. The van der Waals surface area contributed by atoms with Crippen molar-refractivity contribution in [2.75, 3.05) is 0 Å². The van der Waals surface area contributed by atoms with Gasteiger partial charge >= 0.3 is 52.9 Å². The monoisotopic (exact) mass is 208 g/mol. The number of hydrogen-bond acceptors (Lipinski definition) is 0. The van der Waals surface area contributed by atoms with Gasteiger partial charge in [-0.05, 0) is 0 Å². The van der Waals surface area contributed by atoms with Gasteiger partial charge in [0, 0.05) is 0 Å². The third-order valence-corrected chi connectivity index (χ3v) is 2.67. The molecule has 0 saturated heterocycles.